The summed E-state index contributed by atoms with van der Waals surface area (Å²) in [5.74, 6) is 1.48. The molecule has 1 fully saturated rings. The Hall–Kier alpha value is -2.22. The van der Waals surface area contributed by atoms with Gasteiger partial charge in [-0.2, -0.15) is 0 Å². The first-order chi connectivity index (χ1) is 15.6. The highest BCUT2D eigenvalue weighted by molar-refractivity contribution is 5.84. The van der Waals surface area contributed by atoms with Crippen LogP contribution in [0.15, 0.2) is 54.6 Å². The van der Waals surface area contributed by atoms with Gasteiger partial charge in [-0.15, -0.1) is 0 Å². The Labute approximate surface area is 192 Å². The molecule has 4 rings (SSSR count). The van der Waals surface area contributed by atoms with E-state index in [4.69, 9.17) is 0 Å². The van der Waals surface area contributed by atoms with Gasteiger partial charge in [-0.3, -0.25) is 0 Å². The van der Waals surface area contributed by atoms with Crippen molar-refractivity contribution in [1.82, 2.24) is 0 Å². The molecule has 0 bridgehead atoms. The number of hydrogen-bond acceptors (Lipinski definition) is 0. The largest absolute Gasteiger partial charge is 0.207 e. The van der Waals surface area contributed by atoms with Gasteiger partial charge in [0.05, 0.1) is 0 Å². The van der Waals surface area contributed by atoms with Crippen molar-refractivity contribution in [3.05, 3.63) is 82.9 Å². The molecule has 0 aromatic heterocycles. The number of hydrogen-bond donors (Lipinski definition) is 0. The Morgan fingerprint density at radius 1 is 0.719 bits per heavy atom. The number of aryl methyl sites for hydroxylation is 3. The van der Waals surface area contributed by atoms with Crippen LogP contribution >= 0.6 is 0 Å². The van der Waals surface area contributed by atoms with E-state index in [2.05, 4.69) is 25.1 Å². The number of halogens is 2. The zero-order chi connectivity index (χ0) is 22.3. The topological polar surface area (TPSA) is 0 Å². The Kier molecular flexibility index (Phi) is 7.95. The summed E-state index contributed by atoms with van der Waals surface area (Å²) >= 11 is 0. The third-order valence-electron chi connectivity index (χ3n) is 7.47. The minimum absolute atomic E-state index is 0.110. The second-order valence-electron chi connectivity index (χ2n) is 9.79. The number of unbranched alkanes of at least 4 members (excludes halogenated alkanes) is 1. The summed E-state index contributed by atoms with van der Waals surface area (Å²) in [4.78, 5) is 0. The molecule has 1 aliphatic carbocycles. The average Bonchev–Trinajstić information content (AvgIpc) is 2.82. The van der Waals surface area contributed by atoms with E-state index < -0.39 is 0 Å². The lowest BCUT2D eigenvalue weighted by Gasteiger charge is -2.28. The van der Waals surface area contributed by atoms with Crippen LogP contribution < -0.4 is 0 Å². The van der Waals surface area contributed by atoms with Crippen LogP contribution in [0.25, 0.3) is 10.8 Å². The first kappa shape index (κ1) is 23.0. The summed E-state index contributed by atoms with van der Waals surface area (Å²) in [6.07, 6.45) is 13.4. The average molecular weight is 435 g/mol. The van der Waals surface area contributed by atoms with Crippen LogP contribution in [0.1, 0.15) is 75.0 Å². The van der Waals surface area contributed by atoms with Crippen molar-refractivity contribution >= 4 is 10.8 Å². The van der Waals surface area contributed by atoms with E-state index in [1.807, 2.05) is 12.1 Å². The van der Waals surface area contributed by atoms with Gasteiger partial charge in [0.2, 0.25) is 0 Å². The Bertz CT molecular complexity index is 997. The molecule has 0 aliphatic heterocycles. The molecular weight excluding hydrogens is 398 g/mol. The molecule has 0 radical (unpaired) electrons. The highest BCUT2D eigenvalue weighted by Crippen LogP contribution is 2.34. The maximum absolute atomic E-state index is 15.1. The lowest BCUT2D eigenvalue weighted by atomic mass is 9.78. The van der Waals surface area contributed by atoms with Gasteiger partial charge in [0.1, 0.15) is 11.6 Å². The normalized spacial score (nSPS) is 18.8. The van der Waals surface area contributed by atoms with E-state index in [-0.39, 0.29) is 11.6 Å². The van der Waals surface area contributed by atoms with Crippen LogP contribution in [0.5, 0.6) is 0 Å². The molecule has 0 saturated heterocycles. The molecule has 0 nitrogen and oxygen atoms in total. The SMILES string of the molecule is CCCCC1CCC(CCc2ccc3c(F)c(CCc4ccc(F)cc4)ccc3c2)CC1. The highest BCUT2D eigenvalue weighted by Gasteiger charge is 2.20. The molecule has 0 N–H and O–H groups in total. The fourth-order valence-corrected chi connectivity index (χ4v) is 5.34. The van der Waals surface area contributed by atoms with Crippen molar-refractivity contribution in [2.75, 3.05) is 0 Å². The lowest BCUT2D eigenvalue weighted by Crippen LogP contribution is -2.15. The summed E-state index contributed by atoms with van der Waals surface area (Å²) in [5, 5.41) is 1.70. The molecule has 1 saturated carbocycles. The molecular formula is C30H36F2. The van der Waals surface area contributed by atoms with E-state index in [0.29, 0.717) is 18.2 Å². The first-order valence-electron chi connectivity index (χ1n) is 12.6. The smallest absolute Gasteiger partial charge is 0.134 e. The third-order valence-corrected chi connectivity index (χ3v) is 7.47. The van der Waals surface area contributed by atoms with Crippen LogP contribution in [-0.4, -0.2) is 0 Å². The van der Waals surface area contributed by atoms with Crippen molar-refractivity contribution < 1.29 is 8.78 Å². The van der Waals surface area contributed by atoms with Crippen LogP contribution in [0.2, 0.25) is 0 Å². The number of benzene rings is 3. The molecule has 0 unspecified atom stereocenters. The van der Waals surface area contributed by atoms with Gasteiger partial charge in [-0.05, 0) is 71.7 Å². The molecule has 0 spiro atoms. The van der Waals surface area contributed by atoms with Crippen LogP contribution in [0.3, 0.4) is 0 Å². The van der Waals surface area contributed by atoms with Crippen molar-refractivity contribution in [2.45, 2.75) is 77.6 Å². The summed E-state index contributed by atoms with van der Waals surface area (Å²) in [6, 6.07) is 16.7. The van der Waals surface area contributed by atoms with Gasteiger partial charge in [0.25, 0.3) is 0 Å². The summed E-state index contributed by atoms with van der Waals surface area (Å²) in [5.41, 5.74) is 3.08. The van der Waals surface area contributed by atoms with Gasteiger partial charge in [0.15, 0.2) is 0 Å². The second kappa shape index (κ2) is 11.1. The minimum atomic E-state index is -0.235. The van der Waals surface area contributed by atoms with Crippen molar-refractivity contribution in [2.24, 2.45) is 11.8 Å². The quantitative estimate of drug-likeness (QED) is 0.315. The maximum Gasteiger partial charge on any atom is 0.134 e. The molecule has 2 heteroatoms. The summed E-state index contributed by atoms with van der Waals surface area (Å²) < 4.78 is 28.2. The van der Waals surface area contributed by atoms with Gasteiger partial charge in [-0.25, -0.2) is 8.78 Å². The zero-order valence-electron chi connectivity index (χ0n) is 19.4. The minimum Gasteiger partial charge on any atom is -0.207 e. The summed E-state index contributed by atoms with van der Waals surface area (Å²) in [6.45, 7) is 2.29. The van der Waals surface area contributed by atoms with Crippen LogP contribution in [0.4, 0.5) is 8.78 Å². The van der Waals surface area contributed by atoms with E-state index in [1.165, 1.54) is 69.1 Å². The Morgan fingerprint density at radius 3 is 2.12 bits per heavy atom. The monoisotopic (exact) mass is 434 g/mol. The maximum atomic E-state index is 15.1. The van der Waals surface area contributed by atoms with Gasteiger partial charge in [0, 0.05) is 5.39 Å². The predicted octanol–water partition coefficient (Wildman–Crippen LogP) is 8.83. The molecule has 170 valence electrons. The fraction of sp³-hybridized carbons (Fsp3) is 0.467. The number of rotatable bonds is 9. The molecule has 3 aromatic carbocycles. The predicted molar refractivity (Wildman–Crippen MR) is 131 cm³/mol. The van der Waals surface area contributed by atoms with Crippen molar-refractivity contribution in [1.29, 1.82) is 0 Å². The second-order valence-corrected chi connectivity index (χ2v) is 9.79. The Balaban J connectivity index is 1.33. The van der Waals surface area contributed by atoms with Crippen LogP contribution in [0, 0.1) is 23.5 Å². The van der Waals surface area contributed by atoms with Crippen molar-refractivity contribution in [3.8, 4) is 0 Å². The fourth-order valence-electron chi connectivity index (χ4n) is 5.34. The van der Waals surface area contributed by atoms with Gasteiger partial charge < -0.3 is 0 Å². The molecule has 0 atom stereocenters. The van der Waals surface area contributed by atoms with E-state index in [0.717, 1.165) is 34.8 Å². The third kappa shape index (κ3) is 5.97. The van der Waals surface area contributed by atoms with Gasteiger partial charge >= 0.3 is 0 Å². The molecule has 0 amide bonds. The van der Waals surface area contributed by atoms with Crippen molar-refractivity contribution in [3.63, 3.8) is 0 Å². The van der Waals surface area contributed by atoms with Crippen LogP contribution in [-0.2, 0) is 19.3 Å². The summed E-state index contributed by atoms with van der Waals surface area (Å²) in [7, 11) is 0. The zero-order valence-corrected chi connectivity index (χ0v) is 19.4. The van der Waals surface area contributed by atoms with E-state index in [9.17, 15) is 4.39 Å². The highest BCUT2D eigenvalue weighted by atomic mass is 19.1. The van der Waals surface area contributed by atoms with E-state index >= 15 is 4.39 Å². The van der Waals surface area contributed by atoms with Gasteiger partial charge in [-0.1, -0.05) is 94.3 Å². The first-order valence-corrected chi connectivity index (χ1v) is 12.6. The molecule has 3 aromatic rings. The lowest BCUT2D eigenvalue weighted by molar-refractivity contribution is 0.250. The Morgan fingerprint density at radius 2 is 1.41 bits per heavy atom. The molecule has 32 heavy (non-hydrogen) atoms. The molecule has 0 heterocycles. The molecule has 1 aliphatic rings. The number of fused-ring (bicyclic) bond motifs is 1. The van der Waals surface area contributed by atoms with E-state index in [1.54, 1.807) is 12.1 Å². The standard InChI is InChI=1S/C30H36F2/c1-2-3-4-22-5-7-23(8-6-22)9-10-25-14-20-29-27(21-25)17-16-26(30(29)32)15-11-24-12-18-28(31)19-13-24/h12-14,16-23H,2-11,15H2,1H3.